The molecular formula is C26H25N3O2S. The van der Waals surface area contributed by atoms with Gasteiger partial charge < -0.3 is 9.88 Å². The van der Waals surface area contributed by atoms with E-state index < -0.39 is 0 Å². The minimum absolute atomic E-state index is 0.0389. The van der Waals surface area contributed by atoms with Crippen LogP contribution in [0.25, 0.3) is 21.8 Å². The van der Waals surface area contributed by atoms with Crippen molar-refractivity contribution in [3.8, 4) is 21.8 Å². The summed E-state index contributed by atoms with van der Waals surface area (Å²) in [6.45, 7) is 6.39. The summed E-state index contributed by atoms with van der Waals surface area (Å²) in [5, 5.41) is 6.01. The van der Waals surface area contributed by atoms with Crippen molar-refractivity contribution in [2.75, 3.05) is 0 Å². The second kappa shape index (κ2) is 9.32. The molecule has 0 saturated heterocycles. The smallest absolute Gasteiger partial charge is 0.240 e. The molecule has 0 aliphatic rings. The second-order valence-electron chi connectivity index (χ2n) is 7.94. The summed E-state index contributed by atoms with van der Waals surface area (Å²) in [4.78, 5) is 28.7. The van der Waals surface area contributed by atoms with E-state index in [0.29, 0.717) is 6.54 Å². The molecule has 6 heteroatoms. The number of aryl methyl sites for hydroxylation is 3. The van der Waals surface area contributed by atoms with E-state index in [4.69, 9.17) is 4.98 Å². The summed E-state index contributed by atoms with van der Waals surface area (Å²) in [6.07, 6.45) is 0. The van der Waals surface area contributed by atoms with E-state index in [1.807, 2.05) is 42.7 Å². The molecule has 162 valence electrons. The van der Waals surface area contributed by atoms with E-state index in [9.17, 15) is 9.59 Å². The molecular weight excluding hydrogens is 418 g/mol. The van der Waals surface area contributed by atoms with Crippen molar-refractivity contribution in [2.24, 2.45) is 0 Å². The fraction of sp³-hybridized carbons (Fsp3) is 0.192. The van der Waals surface area contributed by atoms with Gasteiger partial charge in [0.1, 0.15) is 11.6 Å². The number of thiazole rings is 1. The summed E-state index contributed by atoms with van der Waals surface area (Å²) in [6, 6.07) is 19.6. The molecule has 0 atom stereocenters. The Morgan fingerprint density at radius 1 is 0.938 bits per heavy atom. The highest BCUT2D eigenvalue weighted by Gasteiger charge is 2.09. The fourth-order valence-corrected chi connectivity index (χ4v) is 4.40. The van der Waals surface area contributed by atoms with Crippen molar-refractivity contribution in [1.82, 2.24) is 14.9 Å². The summed E-state index contributed by atoms with van der Waals surface area (Å²) < 4.78 is 1.84. The summed E-state index contributed by atoms with van der Waals surface area (Å²) in [7, 11) is 0. The quantitative estimate of drug-likeness (QED) is 0.462. The van der Waals surface area contributed by atoms with E-state index in [1.165, 1.54) is 5.56 Å². The van der Waals surface area contributed by atoms with Gasteiger partial charge in [-0.05, 0) is 26.3 Å². The predicted molar refractivity (Wildman–Crippen MR) is 130 cm³/mol. The molecule has 4 aromatic rings. The number of carbonyl (C=O) groups excluding carboxylic acids is 1. The Hall–Kier alpha value is -3.51. The van der Waals surface area contributed by atoms with Crippen LogP contribution in [0.15, 0.2) is 70.8 Å². The summed E-state index contributed by atoms with van der Waals surface area (Å²) in [5.41, 5.74) is 6.93. The highest BCUT2D eigenvalue weighted by atomic mass is 32.1. The molecule has 1 N–H and O–H groups in total. The summed E-state index contributed by atoms with van der Waals surface area (Å²) in [5.74, 6) is -0.0911. The van der Waals surface area contributed by atoms with Gasteiger partial charge in [0.2, 0.25) is 5.91 Å². The number of carbonyl (C=O) groups is 1. The van der Waals surface area contributed by atoms with Crippen LogP contribution in [0.3, 0.4) is 0 Å². The number of pyridine rings is 1. The maximum Gasteiger partial charge on any atom is 0.240 e. The van der Waals surface area contributed by atoms with E-state index in [0.717, 1.165) is 38.8 Å². The van der Waals surface area contributed by atoms with Crippen molar-refractivity contribution in [2.45, 2.75) is 33.9 Å². The van der Waals surface area contributed by atoms with Crippen LogP contribution in [0, 0.1) is 20.8 Å². The largest absolute Gasteiger partial charge is 0.350 e. The second-order valence-corrected chi connectivity index (χ2v) is 8.80. The van der Waals surface area contributed by atoms with Crippen molar-refractivity contribution in [3.63, 3.8) is 0 Å². The maximum atomic E-state index is 12.4. The van der Waals surface area contributed by atoms with Gasteiger partial charge in [-0.3, -0.25) is 9.59 Å². The molecule has 2 aromatic carbocycles. The minimum Gasteiger partial charge on any atom is -0.350 e. The first-order valence-corrected chi connectivity index (χ1v) is 11.3. The number of benzene rings is 2. The Morgan fingerprint density at radius 3 is 2.22 bits per heavy atom. The maximum absolute atomic E-state index is 12.4. The van der Waals surface area contributed by atoms with Gasteiger partial charge in [0.25, 0.3) is 0 Å². The third-order valence-electron chi connectivity index (χ3n) is 5.40. The molecule has 0 fully saturated rings. The Kier molecular flexibility index (Phi) is 6.32. The molecule has 0 spiro atoms. The Bertz CT molecular complexity index is 1280. The zero-order valence-corrected chi connectivity index (χ0v) is 19.2. The van der Waals surface area contributed by atoms with Crippen LogP contribution in [-0.4, -0.2) is 15.5 Å². The first kappa shape index (κ1) is 21.7. The van der Waals surface area contributed by atoms with Crippen LogP contribution in [-0.2, 0) is 17.9 Å². The summed E-state index contributed by atoms with van der Waals surface area (Å²) >= 11 is 1.62. The van der Waals surface area contributed by atoms with Crippen LogP contribution >= 0.6 is 11.3 Å². The lowest BCUT2D eigenvalue weighted by molar-refractivity contribution is -0.121. The number of rotatable bonds is 6. The topological polar surface area (TPSA) is 64.0 Å². The number of hydrogen-bond acceptors (Lipinski definition) is 4. The van der Waals surface area contributed by atoms with Crippen LogP contribution in [0.5, 0.6) is 0 Å². The molecule has 0 unspecified atom stereocenters. The lowest BCUT2D eigenvalue weighted by Crippen LogP contribution is -2.29. The van der Waals surface area contributed by atoms with Crippen molar-refractivity contribution in [1.29, 1.82) is 0 Å². The molecule has 5 nitrogen and oxygen atoms in total. The third kappa shape index (κ3) is 5.03. The van der Waals surface area contributed by atoms with Crippen molar-refractivity contribution < 1.29 is 4.79 Å². The van der Waals surface area contributed by atoms with Gasteiger partial charge in [-0.1, -0.05) is 54.1 Å². The molecule has 2 heterocycles. The molecule has 0 aliphatic heterocycles. The average molecular weight is 444 g/mol. The van der Waals surface area contributed by atoms with E-state index in [-0.39, 0.29) is 17.9 Å². The van der Waals surface area contributed by atoms with Crippen LogP contribution in [0.1, 0.15) is 22.5 Å². The average Bonchev–Trinajstić information content (AvgIpc) is 3.26. The molecule has 0 radical (unpaired) electrons. The van der Waals surface area contributed by atoms with Gasteiger partial charge in [0.15, 0.2) is 5.43 Å². The monoisotopic (exact) mass is 443 g/mol. The Labute approximate surface area is 191 Å². The zero-order chi connectivity index (χ0) is 22.7. The molecule has 1 amide bonds. The standard InChI is InChI=1S/C26H25N3O2S/c1-17-4-8-21(9-5-17)24-16-32-26(28-24)22-10-6-20(7-11-22)14-27-25(31)15-29-18(2)12-23(30)13-19(29)3/h4-13,16H,14-15H2,1-3H3,(H,27,31). The molecule has 32 heavy (non-hydrogen) atoms. The van der Waals surface area contributed by atoms with Gasteiger partial charge >= 0.3 is 0 Å². The van der Waals surface area contributed by atoms with Gasteiger partial charge in [0.05, 0.1) is 5.69 Å². The Balaban J connectivity index is 1.38. The molecule has 2 aromatic heterocycles. The zero-order valence-electron chi connectivity index (χ0n) is 18.4. The van der Waals surface area contributed by atoms with Crippen LogP contribution in [0.4, 0.5) is 0 Å². The molecule has 0 aliphatic carbocycles. The third-order valence-corrected chi connectivity index (χ3v) is 6.29. The van der Waals surface area contributed by atoms with E-state index in [1.54, 1.807) is 23.5 Å². The SMILES string of the molecule is Cc1ccc(-c2csc(-c3ccc(CNC(=O)Cn4c(C)cc(=O)cc4C)cc3)n2)cc1. The van der Waals surface area contributed by atoms with Gasteiger partial charge in [-0.25, -0.2) is 4.98 Å². The van der Waals surface area contributed by atoms with Gasteiger partial charge in [-0.15, -0.1) is 11.3 Å². The van der Waals surface area contributed by atoms with Crippen molar-refractivity contribution >= 4 is 17.2 Å². The van der Waals surface area contributed by atoms with Gasteiger partial charge in [-0.2, -0.15) is 0 Å². The normalized spacial score (nSPS) is 10.8. The van der Waals surface area contributed by atoms with Crippen molar-refractivity contribution in [3.05, 3.63) is 98.8 Å². The first-order valence-electron chi connectivity index (χ1n) is 10.5. The Morgan fingerprint density at radius 2 is 1.56 bits per heavy atom. The molecule has 0 bridgehead atoms. The number of nitrogens with zero attached hydrogens (tertiary/aromatic N) is 2. The molecule has 4 rings (SSSR count). The number of nitrogens with one attached hydrogen (secondary N) is 1. The molecule has 0 saturated carbocycles. The predicted octanol–water partition coefficient (Wildman–Crippen LogP) is 4.88. The van der Waals surface area contributed by atoms with Crippen LogP contribution < -0.4 is 10.7 Å². The van der Waals surface area contributed by atoms with Crippen LogP contribution in [0.2, 0.25) is 0 Å². The lowest BCUT2D eigenvalue weighted by Gasteiger charge is -2.14. The van der Waals surface area contributed by atoms with Gasteiger partial charge in [0, 0.05) is 46.6 Å². The number of amides is 1. The first-order chi connectivity index (χ1) is 15.4. The van der Waals surface area contributed by atoms with E-state index in [2.05, 4.69) is 41.9 Å². The number of hydrogen-bond donors (Lipinski definition) is 1. The highest BCUT2D eigenvalue weighted by molar-refractivity contribution is 7.13. The highest BCUT2D eigenvalue weighted by Crippen LogP contribution is 2.29. The minimum atomic E-state index is -0.0911. The fourth-order valence-electron chi connectivity index (χ4n) is 3.57. The number of aromatic nitrogens is 2. The van der Waals surface area contributed by atoms with E-state index >= 15 is 0 Å². The lowest BCUT2D eigenvalue weighted by atomic mass is 10.1.